The first-order valence-corrected chi connectivity index (χ1v) is 12.2. The zero-order chi connectivity index (χ0) is 25.3. The van der Waals surface area contributed by atoms with Crippen LogP contribution in [0.15, 0.2) is 84.9 Å². The number of hydrogen-bond donors (Lipinski definition) is 0. The largest absolute Gasteiger partial charge is 0.497 e. The van der Waals surface area contributed by atoms with E-state index in [1.807, 2.05) is 24.3 Å². The minimum Gasteiger partial charge on any atom is -0.497 e. The Morgan fingerprint density at radius 2 is 0.750 bits per heavy atom. The summed E-state index contributed by atoms with van der Waals surface area (Å²) in [7, 11) is 6.84. The second kappa shape index (κ2) is 12.2. The third kappa shape index (κ3) is 6.60. The van der Waals surface area contributed by atoms with E-state index in [0.717, 1.165) is 59.8 Å². The molecule has 0 unspecified atom stereocenters. The maximum absolute atomic E-state index is 5.66. The molecule has 0 amide bonds. The molecular weight excluding hydrogens is 448 g/mol. The third-order valence-electron chi connectivity index (χ3n) is 6.41. The molecule has 0 heterocycles. The maximum atomic E-state index is 5.66. The van der Waals surface area contributed by atoms with E-state index in [4.69, 9.17) is 18.9 Å². The molecule has 4 nitrogen and oxygen atoms in total. The quantitative estimate of drug-likeness (QED) is 0.232. The zero-order valence-electron chi connectivity index (χ0n) is 21.5. The van der Waals surface area contributed by atoms with Crippen LogP contribution in [-0.2, 0) is 25.7 Å². The summed E-state index contributed by atoms with van der Waals surface area (Å²) >= 11 is 0. The van der Waals surface area contributed by atoms with Crippen LogP contribution in [0, 0.1) is 0 Å². The van der Waals surface area contributed by atoms with Crippen LogP contribution in [0.25, 0.3) is 11.1 Å². The minimum absolute atomic E-state index is 0.855. The van der Waals surface area contributed by atoms with Crippen molar-refractivity contribution in [1.82, 2.24) is 0 Å². The van der Waals surface area contributed by atoms with E-state index in [1.54, 1.807) is 28.4 Å². The van der Waals surface area contributed by atoms with E-state index in [2.05, 4.69) is 60.7 Å². The lowest BCUT2D eigenvalue weighted by Gasteiger charge is -2.13. The van der Waals surface area contributed by atoms with Crippen molar-refractivity contribution in [1.29, 1.82) is 0 Å². The lowest BCUT2D eigenvalue weighted by Crippen LogP contribution is -1.97. The minimum atomic E-state index is 0.855. The Hall–Kier alpha value is -3.92. The highest BCUT2D eigenvalue weighted by Crippen LogP contribution is 2.31. The molecule has 4 rings (SSSR count). The average molecular weight is 483 g/mol. The highest BCUT2D eigenvalue weighted by molar-refractivity contribution is 5.69. The summed E-state index contributed by atoms with van der Waals surface area (Å²) < 4.78 is 22.1. The highest BCUT2D eigenvalue weighted by atomic mass is 16.5. The van der Waals surface area contributed by atoms with Crippen LogP contribution in [0.2, 0.25) is 0 Å². The van der Waals surface area contributed by atoms with Gasteiger partial charge in [0, 0.05) is 0 Å². The molecule has 0 saturated heterocycles. The van der Waals surface area contributed by atoms with E-state index in [0.29, 0.717) is 0 Å². The second-order valence-corrected chi connectivity index (χ2v) is 8.84. The molecule has 0 saturated carbocycles. The van der Waals surface area contributed by atoms with E-state index < -0.39 is 0 Å². The first-order chi connectivity index (χ1) is 17.6. The van der Waals surface area contributed by atoms with Gasteiger partial charge in [-0.25, -0.2) is 0 Å². The Labute approximate surface area is 214 Å². The van der Waals surface area contributed by atoms with E-state index >= 15 is 0 Å². The van der Waals surface area contributed by atoms with Crippen molar-refractivity contribution in [3.05, 3.63) is 107 Å². The smallest absolute Gasteiger partial charge is 0.119 e. The lowest BCUT2D eigenvalue weighted by atomic mass is 9.95. The number of methoxy groups -OCH3 is 4. The third-order valence-corrected chi connectivity index (χ3v) is 6.41. The van der Waals surface area contributed by atoms with Crippen LogP contribution >= 0.6 is 0 Å². The van der Waals surface area contributed by atoms with Crippen LogP contribution in [0.5, 0.6) is 23.0 Å². The predicted octanol–water partition coefficient (Wildman–Crippen LogP) is 6.96. The van der Waals surface area contributed by atoms with Gasteiger partial charge in [0.15, 0.2) is 0 Å². The molecule has 0 radical (unpaired) electrons. The SMILES string of the molecule is COc1cccc(CCc2cc(OC)cc(-c3cc(CCc4cccc(OC)c4)cc(OC)c3)c2)c1. The van der Waals surface area contributed by atoms with Gasteiger partial charge < -0.3 is 18.9 Å². The Morgan fingerprint density at radius 3 is 1.14 bits per heavy atom. The average Bonchev–Trinajstić information content (AvgIpc) is 2.94. The molecule has 186 valence electrons. The molecule has 4 aromatic rings. The number of hydrogen-bond acceptors (Lipinski definition) is 4. The van der Waals surface area contributed by atoms with Crippen LogP contribution in [0.1, 0.15) is 22.3 Å². The predicted molar refractivity (Wildman–Crippen MR) is 146 cm³/mol. The number of ether oxygens (including phenoxy) is 4. The summed E-state index contributed by atoms with van der Waals surface area (Å²) in [5.74, 6) is 3.48. The molecule has 0 aliphatic heterocycles. The van der Waals surface area contributed by atoms with E-state index in [1.165, 1.54) is 22.3 Å². The van der Waals surface area contributed by atoms with Crippen LogP contribution in [0.3, 0.4) is 0 Å². The summed E-state index contributed by atoms with van der Waals surface area (Å²) in [5.41, 5.74) is 7.20. The number of benzene rings is 4. The first-order valence-electron chi connectivity index (χ1n) is 12.2. The normalized spacial score (nSPS) is 10.7. The van der Waals surface area contributed by atoms with Crippen molar-refractivity contribution < 1.29 is 18.9 Å². The molecule has 0 fully saturated rings. The Morgan fingerprint density at radius 1 is 0.389 bits per heavy atom. The van der Waals surface area contributed by atoms with Gasteiger partial charge in [-0.1, -0.05) is 36.4 Å². The molecule has 0 aliphatic rings. The van der Waals surface area contributed by atoms with Crippen molar-refractivity contribution >= 4 is 0 Å². The summed E-state index contributed by atoms with van der Waals surface area (Å²) in [6, 6.07) is 29.4. The van der Waals surface area contributed by atoms with Crippen molar-refractivity contribution in [3.8, 4) is 34.1 Å². The van der Waals surface area contributed by atoms with Gasteiger partial charge in [0.2, 0.25) is 0 Å². The molecule has 0 aliphatic carbocycles. The molecule has 0 N–H and O–H groups in total. The summed E-state index contributed by atoms with van der Waals surface area (Å²) in [5, 5.41) is 0. The van der Waals surface area contributed by atoms with E-state index in [-0.39, 0.29) is 0 Å². The summed E-state index contributed by atoms with van der Waals surface area (Å²) in [4.78, 5) is 0. The summed E-state index contributed by atoms with van der Waals surface area (Å²) in [6.07, 6.45) is 3.66. The topological polar surface area (TPSA) is 36.9 Å². The standard InChI is InChI=1S/C32H34O4/c1-33-29-9-5-7-23(17-29)11-13-25-15-27(21-31(19-25)35-3)28-16-26(20-32(22-28)36-4)14-12-24-8-6-10-30(18-24)34-2/h5-10,15-22H,11-14H2,1-4H3. The van der Waals surface area contributed by atoms with Gasteiger partial charge in [-0.05, 0) is 108 Å². The fourth-order valence-electron chi connectivity index (χ4n) is 4.41. The first kappa shape index (κ1) is 25.2. The zero-order valence-corrected chi connectivity index (χ0v) is 21.5. The number of rotatable bonds is 11. The highest BCUT2D eigenvalue weighted by Gasteiger charge is 2.09. The fourth-order valence-corrected chi connectivity index (χ4v) is 4.41. The Kier molecular flexibility index (Phi) is 8.51. The maximum Gasteiger partial charge on any atom is 0.119 e. The van der Waals surface area contributed by atoms with Crippen molar-refractivity contribution in [3.63, 3.8) is 0 Å². The number of aryl methyl sites for hydroxylation is 4. The molecule has 0 spiro atoms. The fraction of sp³-hybridized carbons (Fsp3) is 0.250. The van der Waals surface area contributed by atoms with Gasteiger partial charge in [-0.3, -0.25) is 0 Å². The van der Waals surface area contributed by atoms with Gasteiger partial charge >= 0.3 is 0 Å². The second-order valence-electron chi connectivity index (χ2n) is 8.84. The van der Waals surface area contributed by atoms with Gasteiger partial charge in [0.25, 0.3) is 0 Å². The molecule has 0 atom stereocenters. The lowest BCUT2D eigenvalue weighted by molar-refractivity contribution is 0.413. The molecule has 4 aromatic carbocycles. The Bertz CT molecular complexity index is 1190. The van der Waals surface area contributed by atoms with Gasteiger partial charge in [0.1, 0.15) is 23.0 Å². The Balaban J connectivity index is 1.57. The van der Waals surface area contributed by atoms with Crippen LogP contribution < -0.4 is 18.9 Å². The van der Waals surface area contributed by atoms with E-state index in [9.17, 15) is 0 Å². The van der Waals surface area contributed by atoms with Crippen LogP contribution in [-0.4, -0.2) is 28.4 Å². The molecule has 0 bridgehead atoms. The van der Waals surface area contributed by atoms with Crippen molar-refractivity contribution in [2.75, 3.05) is 28.4 Å². The molecule has 0 aromatic heterocycles. The van der Waals surface area contributed by atoms with Gasteiger partial charge in [-0.2, -0.15) is 0 Å². The summed E-state index contributed by atoms with van der Waals surface area (Å²) in [6.45, 7) is 0. The van der Waals surface area contributed by atoms with Gasteiger partial charge in [0.05, 0.1) is 28.4 Å². The molecule has 4 heteroatoms. The van der Waals surface area contributed by atoms with Crippen molar-refractivity contribution in [2.45, 2.75) is 25.7 Å². The monoisotopic (exact) mass is 482 g/mol. The van der Waals surface area contributed by atoms with Gasteiger partial charge in [-0.15, -0.1) is 0 Å². The van der Waals surface area contributed by atoms with Crippen LogP contribution in [0.4, 0.5) is 0 Å². The molecular formula is C32H34O4. The van der Waals surface area contributed by atoms with Crippen molar-refractivity contribution in [2.24, 2.45) is 0 Å². The molecule has 36 heavy (non-hydrogen) atoms.